The number of rotatable bonds is 0. The Morgan fingerprint density at radius 3 is 2.56 bits per heavy atom. The van der Waals surface area contributed by atoms with Crippen molar-refractivity contribution >= 4 is 27.5 Å². The van der Waals surface area contributed by atoms with E-state index >= 15 is 0 Å². The molecule has 0 aliphatic rings. The van der Waals surface area contributed by atoms with E-state index in [1.165, 1.54) is 0 Å². The summed E-state index contributed by atoms with van der Waals surface area (Å²) in [5.41, 5.74) is 0. The van der Waals surface area contributed by atoms with Crippen molar-refractivity contribution in [3.8, 4) is 0 Å². The van der Waals surface area contributed by atoms with Crippen LogP contribution in [-0.4, -0.2) is 0 Å². The Hall–Kier alpha value is 0.587. The molecule has 0 nitrogen and oxygen atoms in total. The van der Waals surface area contributed by atoms with E-state index in [4.69, 9.17) is 11.6 Å². The fourth-order valence-corrected chi connectivity index (χ4v) is 0.789. The van der Waals surface area contributed by atoms with Crippen LogP contribution in [0.3, 0.4) is 0 Å². The maximum atomic E-state index is 5.61. The van der Waals surface area contributed by atoms with E-state index in [1.807, 2.05) is 12.1 Å². The van der Waals surface area contributed by atoms with Gasteiger partial charge in [-0.15, -0.1) is 27.5 Å². The third kappa shape index (κ3) is 2.78. The second-order valence-electron chi connectivity index (χ2n) is 1.33. The second kappa shape index (κ2) is 4.41. The Morgan fingerprint density at radius 2 is 2.22 bits per heavy atom. The molecule has 1 aromatic carbocycles. The molecule has 0 saturated carbocycles. The molecule has 9 heavy (non-hydrogen) atoms. The largest absolute Gasteiger partial charge is 1.00 e. The zero-order valence-corrected chi connectivity index (χ0v) is 7.33. The van der Waals surface area contributed by atoms with Crippen molar-refractivity contribution in [2.75, 3.05) is 0 Å². The third-order valence-electron chi connectivity index (χ3n) is 0.759. The second-order valence-corrected chi connectivity index (χ2v) is 2.56. The van der Waals surface area contributed by atoms with Crippen molar-refractivity contribution in [2.45, 2.75) is 0 Å². The summed E-state index contributed by atoms with van der Waals surface area (Å²) < 4.78 is 0.890. The van der Waals surface area contributed by atoms with Crippen molar-refractivity contribution in [1.29, 1.82) is 0 Å². The van der Waals surface area contributed by atoms with E-state index in [9.17, 15) is 0 Å². The number of benzene rings is 1. The molecule has 3 heteroatoms. The fraction of sp³-hybridized carbons (Fsp3) is 0. The third-order valence-corrected chi connectivity index (χ3v) is 1.96. The van der Waals surface area contributed by atoms with Gasteiger partial charge in [0, 0.05) is 0 Å². The molecule has 0 atom stereocenters. The van der Waals surface area contributed by atoms with Crippen molar-refractivity contribution < 1.29 is 18.9 Å². The van der Waals surface area contributed by atoms with Crippen LogP contribution in [0, 0.1) is 6.07 Å². The molecule has 1 aromatic rings. The molecule has 0 unspecified atom stereocenters. The van der Waals surface area contributed by atoms with Gasteiger partial charge in [0.2, 0.25) is 0 Å². The smallest absolute Gasteiger partial charge is 0.175 e. The van der Waals surface area contributed by atoms with Gasteiger partial charge in [-0.25, -0.2) is 0 Å². The molecule has 0 fully saturated rings. The monoisotopic (exact) mass is 196 g/mol. The van der Waals surface area contributed by atoms with Crippen molar-refractivity contribution in [3.63, 3.8) is 0 Å². The first-order valence-electron chi connectivity index (χ1n) is 2.12. The minimum atomic E-state index is 0. The minimum absolute atomic E-state index is 0. The van der Waals surface area contributed by atoms with Crippen LogP contribution < -0.4 is 18.9 Å². The van der Waals surface area contributed by atoms with E-state index < -0.39 is 0 Å². The topological polar surface area (TPSA) is 0 Å². The minimum Gasteiger partial charge on any atom is -0.175 e. The van der Waals surface area contributed by atoms with Gasteiger partial charge in [-0.05, 0) is 0 Å². The standard InChI is InChI=1S/C6H3BrCl.Li/c7-5-3-1-2-4-6(5)8;/h1-3H;/q-1;+1. The summed E-state index contributed by atoms with van der Waals surface area (Å²) in [5, 5.41) is 0.632. The van der Waals surface area contributed by atoms with Gasteiger partial charge < -0.3 is 0 Å². The molecule has 0 bridgehead atoms. The van der Waals surface area contributed by atoms with Crippen LogP contribution in [0.2, 0.25) is 5.02 Å². The average molecular weight is 197 g/mol. The first kappa shape index (κ1) is 9.59. The summed E-state index contributed by atoms with van der Waals surface area (Å²) in [6, 6.07) is 8.33. The summed E-state index contributed by atoms with van der Waals surface area (Å²) in [4.78, 5) is 0. The van der Waals surface area contributed by atoms with Gasteiger partial charge in [-0.2, -0.15) is 24.3 Å². The first-order chi connectivity index (χ1) is 3.80. The zero-order chi connectivity index (χ0) is 5.98. The van der Waals surface area contributed by atoms with Gasteiger partial charge in [-0.3, -0.25) is 0 Å². The van der Waals surface area contributed by atoms with E-state index in [-0.39, 0.29) is 18.9 Å². The van der Waals surface area contributed by atoms with E-state index in [2.05, 4.69) is 22.0 Å². The Kier molecular flexibility index (Phi) is 4.70. The van der Waals surface area contributed by atoms with Crippen LogP contribution in [0.1, 0.15) is 0 Å². The molecule has 0 aliphatic carbocycles. The normalized spacial score (nSPS) is 8.22. The first-order valence-corrected chi connectivity index (χ1v) is 3.29. The number of hydrogen-bond acceptors (Lipinski definition) is 0. The summed E-state index contributed by atoms with van der Waals surface area (Å²) in [7, 11) is 0. The van der Waals surface area contributed by atoms with Crippen LogP contribution in [0.5, 0.6) is 0 Å². The van der Waals surface area contributed by atoms with Crippen LogP contribution in [-0.2, 0) is 0 Å². The van der Waals surface area contributed by atoms with Gasteiger partial charge in [0.25, 0.3) is 0 Å². The number of hydrogen-bond donors (Lipinski definition) is 0. The van der Waals surface area contributed by atoms with Crippen molar-refractivity contribution in [3.05, 3.63) is 33.8 Å². The Labute approximate surface area is 79.9 Å². The number of halogens is 2. The summed E-state index contributed by atoms with van der Waals surface area (Å²) in [6.45, 7) is 0. The Balaban J connectivity index is 0.000000640. The summed E-state index contributed by atoms with van der Waals surface area (Å²) >= 11 is 8.84. The molecule has 0 N–H and O–H groups in total. The fourth-order valence-electron chi connectivity index (χ4n) is 0.396. The van der Waals surface area contributed by atoms with Crippen LogP contribution in [0.25, 0.3) is 0 Å². The molecular weight excluding hydrogens is 194 g/mol. The summed E-state index contributed by atoms with van der Waals surface area (Å²) in [6.07, 6.45) is 0. The predicted molar refractivity (Wildman–Crippen MR) is 38.0 cm³/mol. The van der Waals surface area contributed by atoms with Gasteiger partial charge >= 0.3 is 18.9 Å². The molecule has 42 valence electrons. The molecule has 0 heterocycles. The molecule has 0 spiro atoms. The van der Waals surface area contributed by atoms with E-state index in [0.29, 0.717) is 5.02 Å². The van der Waals surface area contributed by atoms with Gasteiger partial charge in [0.05, 0.1) is 0 Å². The van der Waals surface area contributed by atoms with E-state index in [0.717, 1.165) is 4.47 Å². The molecular formula is C6H3BrClLi. The van der Waals surface area contributed by atoms with E-state index in [1.54, 1.807) is 6.07 Å². The van der Waals surface area contributed by atoms with Crippen LogP contribution in [0.15, 0.2) is 22.7 Å². The van der Waals surface area contributed by atoms with Crippen LogP contribution in [0.4, 0.5) is 0 Å². The van der Waals surface area contributed by atoms with Crippen molar-refractivity contribution in [2.24, 2.45) is 0 Å². The SMILES string of the molecule is Clc1[c-]cccc1Br.[Li+]. The molecule has 0 saturated heterocycles. The van der Waals surface area contributed by atoms with Crippen molar-refractivity contribution in [1.82, 2.24) is 0 Å². The quantitative estimate of drug-likeness (QED) is 0.403. The molecule has 0 amide bonds. The Bertz CT molecular complexity index is 169. The zero-order valence-electron chi connectivity index (χ0n) is 4.99. The Morgan fingerprint density at radius 1 is 1.56 bits per heavy atom. The van der Waals surface area contributed by atoms with Gasteiger partial charge in [0.15, 0.2) is 0 Å². The van der Waals surface area contributed by atoms with Gasteiger partial charge in [-0.1, -0.05) is 9.50 Å². The summed E-state index contributed by atoms with van der Waals surface area (Å²) in [5.74, 6) is 0. The van der Waals surface area contributed by atoms with Gasteiger partial charge in [0.1, 0.15) is 0 Å². The average Bonchev–Trinajstić information content (AvgIpc) is 1.77. The predicted octanol–water partition coefficient (Wildman–Crippen LogP) is -0.0933. The van der Waals surface area contributed by atoms with Crippen LogP contribution >= 0.6 is 27.5 Å². The molecule has 0 radical (unpaired) electrons. The maximum absolute atomic E-state index is 5.61. The molecule has 0 aliphatic heterocycles. The molecule has 0 aromatic heterocycles. The molecule has 1 rings (SSSR count). The maximum Gasteiger partial charge on any atom is 1.00 e.